The van der Waals surface area contributed by atoms with E-state index in [4.69, 9.17) is 5.73 Å². The van der Waals surface area contributed by atoms with Crippen molar-refractivity contribution in [2.45, 2.75) is 19.5 Å². The van der Waals surface area contributed by atoms with E-state index in [1.165, 1.54) is 17.0 Å². The fourth-order valence-electron chi connectivity index (χ4n) is 1.29. The van der Waals surface area contributed by atoms with Crippen molar-refractivity contribution in [3.8, 4) is 0 Å². The Bertz CT molecular complexity index is 335. The van der Waals surface area contributed by atoms with Gasteiger partial charge in [-0.2, -0.15) is 0 Å². The number of rotatable bonds is 3. The topological polar surface area (TPSA) is 46.3 Å². The SMILES string of the molecule is C[C@@H](N)C(=O)N(C)Cc1ccc(F)cc1. The van der Waals surface area contributed by atoms with E-state index >= 15 is 0 Å². The van der Waals surface area contributed by atoms with Gasteiger partial charge in [-0.3, -0.25) is 4.79 Å². The molecule has 3 nitrogen and oxygen atoms in total. The molecule has 15 heavy (non-hydrogen) atoms. The summed E-state index contributed by atoms with van der Waals surface area (Å²) in [5.74, 6) is -0.403. The van der Waals surface area contributed by atoms with Crippen molar-refractivity contribution in [2.75, 3.05) is 7.05 Å². The summed E-state index contributed by atoms with van der Waals surface area (Å²) in [6, 6.07) is 5.55. The summed E-state index contributed by atoms with van der Waals surface area (Å²) in [6.07, 6.45) is 0. The normalized spacial score (nSPS) is 12.3. The van der Waals surface area contributed by atoms with Gasteiger partial charge in [0.15, 0.2) is 0 Å². The number of amides is 1. The minimum atomic E-state index is -0.504. The summed E-state index contributed by atoms with van der Waals surface area (Å²) < 4.78 is 12.6. The molecular formula is C11H15FN2O. The van der Waals surface area contributed by atoms with Crippen LogP contribution in [-0.2, 0) is 11.3 Å². The zero-order valence-corrected chi connectivity index (χ0v) is 8.90. The molecule has 1 aromatic rings. The first-order valence-corrected chi connectivity index (χ1v) is 4.75. The largest absolute Gasteiger partial charge is 0.340 e. The maximum Gasteiger partial charge on any atom is 0.239 e. The molecular weight excluding hydrogens is 195 g/mol. The number of nitrogens with two attached hydrogens (primary N) is 1. The van der Waals surface area contributed by atoms with Crippen LogP contribution in [0, 0.1) is 5.82 Å². The molecule has 1 atom stereocenters. The molecule has 0 bridgehead atoms. The van der Waals surface area contributed by atoms with Crippen LogP contribution >= 0.6 is 0 Å². The minimum absolute atomic E-state index is 0.126. The Morgan fingerprint density at radius 2 is 2.00 bits per heavy atom. The molecule has 0 radical (unpaired) electrons. The molecule has 0 spiro atoms. The van der Waals surface area contributed by atoms with E-state index in [2.05, 4.69) is 0 Å². The summed E-state index contributed by atoms with van der Waals surface area (Å²) >= 11 is 0. The van der Waals surface area contributed by atoms with Crippen LogP contribution in [0.4, 0.5) is 4.39 Å². The van der Waals surface area contributed by atoms with Crippen molar-refractivity contribution in [1.29, 1.82) is 0 Å². The minimum Gasteiger partial charge on any atom is -0.340 e. The molecule has 0 fully saturated rings. The summed E-state index contributed by atoms with van der Waals surface area (Å²) in [5.41, 5.74) is 6.35. The fraction of sp³-hybridized carbons (Fsp3) is 0.364. The Labute approximate surface area is 88.7 Å². The molecule has 0 aliphatic carbocycles. The van der Waals surface area contributed by atoms with Gasteiger partial charge < -0.3 is 10.6 Å². The highest BCUT2D eigenvalue weighted by Crippen LogP contribution is 2.06. The van der Waals surface area contributed by atoms with Crippen LogP contribution in [0.15, 0.2) is 24.3 Å². The zero-order chi connectivity index (χ0) is 11.4. The number of hydrogen-bond donors (Lipinski definition) is 1. The third kappa shape index (κ3) is 3.32. The lowest BCUT2D eigenvalue weighted by Crippen LogP contribution is -2.39. The second-order valence-electron chi connectivity index (χ2n) is 3.61. The van der Waals surface area contributed by atoms with Crippen molar-refractivity contribution in [3.05, 3.63) is 35.6 Å². The van der Waals surface area contributed by atoms with E-state index in [9.17, 15) is 9.18 Å². The second-order valence-corrected chi connectivity index (χ2v) is 3.61. The molecule has 0 saturated carbocycles. The van der Waals surface area contributed by atoms with Crippen molar-refractivity contribution < 1.29 is 9.18 Å². The average molecular weight is 210 g/mol. The molecule has 0 heterocycles. The van der Waals surface area contributed by atoms with Crippen LogP contribution in [0.2, 0.25) is 0 Å². The third-order valence-corrected chi connectivity index (χ3v) is 2.10. The van der Waals surface area contributed by atoms with Crippen LogP contribution < -0.4 is 5.73 Å². The third-order valence-electron chi connectivity index (χ3n) is 2.10. The number of halogens is 1. The molecule has 0 unspecified atom stereocenters. The first-order valence-electron chi connectivity index (χ1n) is 4.75. The smallest absolute Gasteiger partial charge is 0.239 e. The van der Waals surface area contributed by atoms with Gasteiger partial charge in [-0.1, -0.05) is 12.1 Å². The average Bonchev–Trinajstić information content (AvgIpc) is 2.20. The van der Waals surface area contributed by atoms with E-state index in [0.29, 0.717) is 6.54 Å². The highest BCUT2D eigenvalue weighted by atomic mass is 19.1. The molecule has 82 valence electrons. The van der Waals surface area contributed by atoms with Gasteiger partial charge in [-0.15, -0.1) is 0 Å². The van der Waals surface area contributed by atoms with E-state index in [0.717, 1.165) is 5.56 Å². The number of carbonyl (C=O) groups excluding carboxylic acids is 1. The standard InChI is InChI=1S/C11H15FN2O/c1-8(13)11(15)14(2)7-9-3-5-10(12)6-4-9/h3-6,8H,7,13H2,1-2H3/t8-/m1/s1. The lowest BCUT2D eigenvalue weighted by atomic mass is 10.2. The molecule has 1 rings (SSSR count). The van der Waals surface area contributed by atoms with Gasteiger partial charge in [0, 0.05) is 13.6 Å². The summed E-state index contributed by atoms with van der Waals surface area (Å²) in [5, 5.41) is 0. The summed E-state index contributed by atoms with van der Waals surface area (Å²) in [7, 11) is 1.68. The van der Waals surface area contributed by atoms with Gasteiger partial charge >= 0.3 is 0 Å². The Kier molecular flexibility index (Phi) is 3.80. The number of nitrogens with zero attached hydrogens (tertiary/aromatic N) is 1. The number of hydrogen-bond acceptors (Lipinski definition) is 2. The monoisotopic (exact) mass is 210 g/mol. The van der Waals surface area contributed by atoms with Crippen LogP contribution in [0.5, 0.6) is 0 Å². The molecule has 2 N–H and O–H groups in total. The van der Waals surface area contributed by atoms with Crippen molar-refractivity contribution in [3.63, 3.8) is 0 Å². The molecule has 0 aromatic heterocycles. The van der Waals surface area contributed by atoms with E-state index < -0.39 is 6.04 Å². The van der Waals surface area contributed by atoms with Gasteiger partial charge in [-0.05, 0) is 24.6 Å². The molecule has 4 heteroatoms. The number of benzene rings is 1. The Hall–Kier alpha value is -1.42. The maximum absolute atomic E-state index is 12.6. The van der Waals surface area contributed by atoms with Gasteiger partial charge in [0.25, 0.3) is 0 Å². The van der Waals surface area contributed by atoms with Crippen LogP contribution in [0.1, 0.15) is 12.5 Å². The molecule has 0 aliphatic heterocycles. The van der Waals surface area contributed by atoms with Crippen molar-refractivity contribution in [1.82, 2.24) is 4.90 Å². The van der Waals surface area contributed by atoms with Crippen molar-refractivity contribution >= 4 is 5.91 Å². The van der Waals surface area contributed by atoms with E-state index in [1.807, 2.05) is 0 Å². The Morgan fingerprint density at radius 3 is 2.47 bits per heavy atom. The summed E-state index contributed by atoms with van der Waals surface area (Å²) in [4.78, 5) is 13.0. The zero-order valence-electron chi connectivity index (χ0n) is 8.90. The van der Waals surface area contributed by atoms with Gasteiger partial charge in [0.05, 0.1) is 6.04 Å². The first-order chi connectivity index (χ1) is 7.00. The quantitative estimate of drug-likeness (QED) is 0.813. The first kappa shape index (κ1) is 11.7. The summed E-state index contributed by atoms with van der Waals surface area (Å²) in [6.45, 7) is 2.09. The Balaban J connectivity index is 2.62. The fourth-order valence-corrected chi connectivity index (χ4v) is 1.29. The lowest BCUT2D eigenvalue weighted by Gasteiger charge is -2.19. The van der Waals surface area contributed by atoms with Gasteiger partial charge in [0.2, 0.25) is 5.91 Å². The Morgan fingerprint density at radius 1 is 1.47 bits per heavy atom. The molecule has 1 amide bonds. The van der Waals surface area contributed by atoms with Crippen LogP contribution in [0.3, 0.4) is 0 Å². The maximum atomic E-state index is 12.6. The van der Waals surface area contributed by atoms with Gasteiger partial charge in [-0.25, -0.2) is 4.39 Å². The van der Waals surface area contributed by atoms with Gasteiger partial charge in [0.1, 0.15) is 5.82 Å². The lowest BCUT2D eigenvalue weighted by molar-refractivity contribution is -0.131. The van der Waals surface area contributed by atoms with Crippen LogP contribution in [0.25, 0.3) is 0 Å². The predicted molar refractivity (Wildman–Crippen MR) is 56.5 cm³/mol. The second kappa shape index (κ2) is 4.89. The van der Waals surface area contributed by atoms with Crippen molar-refractivity contribution in [2.24, 2.45) is 5.73 Å². The molecule has 0 aliphatic rings. The molecule has 1 aromatic carbocycles. The molecule has 0 saturated heterocycles. The van der Waals surface area contributed by atoms with E-state index in [-0.39, 0.29) is 11.7 Å². The highest BCUT2D eigenvalue weighted by molar-refractivity contribution is 5.80. The van der Waals surface area contributed by atoms with Crippen LogP contribution in [-0.4, -0.2) is 23.9 Å². The highest BCUT2D eigenvalue weighted by Gasteiger charge is 2.13. The number of carbonyl (C=O) groups is 1. The number of likely N-dealkylation sites (N-methyl/N-ethyl adjacent to an activating group) is 1. The predicted octanol–water partition coefficient (Wildman–Crippen LogP) is 1.13. The van der Waals surface area contributed by atoms with E-state index in [1.54, 1.807) is 26.1 Å².